The monoisotopic (exact) mass is 264 g/mol. The minimum absolute atomic E-state index is 0.0798. The highest BCUT2D eigenvalue weighted by atomic mass is 19.1. The van der Waals surface area contributed by atoms with E-state index in [1.807, 2.05) is 0 Å². The van der Waals surface area contributed by atoms with Gasteiger partial charge in [0.25, 0.3) is 0 Å². The van der Waals surface area contributed by atoms with Crippen LogP contribution in [0.4, 0.5) is 14.6 Å². The van der Waals surface area contributed by atoms with Gasteiger partial charge in [-0.1, -0.05) is 12.1 Å². The Morgan fingerprint density at radius 3 is 2.47 bits per heavy atom. The zero-order chi connectivity index (χ0) is 13.8. The second-order valence-electron chi connectivity index (χ2n) is 4.26. The molecule has 100 valence electrons. The van der Waals surface area contributed by atoms with Crippen LogP contribution in [0.15, 0.2) is 42.6 Å². The molecule has 0 spiro atoms. The quantitative estimate of drug-likeness (QED) is 0.892. The van der Waals surface area contributed by atoms with Gasteiger partial charge in [-0.3, -0.25) is 0 Å². The minimum Gasteiger partial charge on any atom is -0.386 e. The van der Waals surface area contributed by atoms with E-state index in [0.29, 0.717) is 5.56 Å². The molecule has 2 unspecified atom stereocenters. The van der Waals surface area contributed by atoms with E-state index in [4.69, 9.17) is 0 Å². The number of nitrogens with one attached hydrogen (secondary N) is 1. The molecular formula is C14H14F2N2O. The first kappa shape index (κ1) is 13.4. The molecule has 0 saturated carbocycles. The average molecular weight is 264 g/mol. The average Bonchev–Trinajstić information content (AvgIpc) is 2.41. The highest BCUT2D eigenvalue weighted by Gasteiger charge is 2.17. The molecule has 0 radical (unpaired) electrons. The number of nitrogens with zero attached hydrogens (tertiary/aromatic N) is 1. The van der Waals surface area contributed by atoms with Crippen molar-refractivity contribution in [2.45, 2.75) is 19.1 Å². The number of pyridine rings is 1. The Bertz CT molecular complexity index is 545. The number of aliphatic hydroxyl groups excluding tert-OH is 1. The van der Waals surface area contributed by atoms with Crippen molar-refractivity contribution in [3.05, 3.63) is 59.8 Å². The highest BCUT2D eigenvalue weighted by Crippen LogP contribution is 2.20. The Morgan fingerprint density at radius 2 is 1.84 bits per heavy atom. The maximum Gasteiger partial charge on any atom is 0.165 e. The number of aliphatic hydroxyl groups is 1. The summed E-state index contributed by atoms with van der Waals surface area (Å²) in [5.41, 5.74) is 0.553. The second-order valence-corrected chi connectivity index (χ2v) is 4.26. The van der Waals surface area contributed by atoms with Crippen LogP contribution in [0.1, 0.15) is 18.6 Å². The molecule has 1 aromatic carbocycles. The van der Waals surface area contributed by atoms with E-state index < -0.39 is 18.0 Å². The molecule has 1 heterocycles. The highest BCUT2D eigenvalue weighted by molar-refractivity contribution is 5.37. The smallest absolute Gasteiger partial charge is 0.165 e. The maximum absolute atomic E-state index is 13.4. The van der Waals surface area contributed by atoms with Gasteiger partial charge in [-0.2, -0.15) is 0 Å². The zero-order valence-corrected chi connectivity index (χ0v) is 10.3. The molecule has 0 fully saturated rings. The molecule has 5 heteroatoms. The summed E-state index contributed by atoms with van der Waals surface area (Å²) in [4.78, 5) is 3.85. The van der Waals surface area contributed by atoms with Crippen molar-refractivity contribution in [3.8, 4) is 0 Å². The van der Waals surface area contributed by atoms with Crippen LogP contribution in [0.5, 0.6) is 0 Å². The first-order chi connectivity index (χ1) is 9.08. The molecule has 2 rings (SSSR count). The summed E-state index contributed by atoms with van der Waals surface area (Å²) in [6.45, 7) is 1.70. The van der Waals surface area contributed by atoms with Gasteiger partial charge in [0.1, 0.15) is 5.82 Å². The van der Waals surface area contributed by atoms with Crippen LogP contribution in [-0.2, 0) is 0 Å². The molecule has 0 amide bonds. The van der Waals surface area contributed by atoms with Crippen LogP contribution in [0.3, 0.4) is 0 Å². The molecule has 0 aliphatic rings. The first-order valence-corrected chi connectivity index (χ1v) is 5.88. The molecule has 2 aromatic rings. The van der Waals surface area contributed by atoms with E-state index in [2.05, 4.69) is 10.3 Å². The summed E-state index contributed by atoms with van der Waals surface area (Å²) in [6, 6.07) is 7.84. The van der Waals surface area contributed by atoms with Crippen molar-refractivity contribution in [1.82, 2.24) is 4.98 Å². The second kappa shape index (κ2) is 5.75. The Labute approximate surface area is 109 Å². The van der Waals surface area contributed by atoms with E-state index in [9.17, 15) is 13.9 Å². The lowest BCUT2D eigenvalue weighted by Gasteiger charge is -2.21. The molecule has 0 bridgehead atoms. The largest absolute Gasteiger partial charge is 0.386 e. The van der Waals surface area contributed by atoms with Crippen LogP contribution in [0.25, 0.3) is 0 Å². The van der Waals surface area contributed by atoms with Crippen LogP contribution >= 0.6 is 0 Å². The van der Waals surface area contributed by atoms with Gasteiger partial charge in [0.2, 0.25) is 0 Å². The lowest BCUT2D eigenvalue weighted by molar-refractivity contribution is 0.160. The third-order valence-electron chi connectivity index (χ3n) is 2.81. The summed E-state index contributed by atoms with van der Waals surface area (Å²) < 4.78 is 26.2. The third-order valence-corrected chi connectivity index (χ3v) is 2.81. The van der Waals surface area contributed by atoms with E-state index in [1.165, 1.54) is 42.6 Å². The van der Waals surface area contributed by atoms with Gasteiger partial charge in [0.05, 0.1) is 12.1 Å². The van der Waals surface area contributed by atoms with Gasteiger partial charge in [-0.15, -0.1) is 0 Å². The zero-order valence-electron chi connectivity index (χ0n) is 10.3. The summed E-state index contributed by atoms with van der Waals surface area (Å²) in [5, 5.41) is 12.9. The van der Waals surface area contributed by atoms with Crippen molar-refractivity contribution in [1.29, 1.82) is 0 Å². The van der Waals surface area contributed by atoms with Gasteiger partial charge in [-0.05, 0) is 36.8 Å². The number of aromatic nitrogens is 1. The molecule has 2 N–H and O–H groups in total. The summed E-state index contributed by atoms with van der Waals surface area (Å²) in [6.07, 6.45) is 0.574. The minimum atomic E-state index is -0.887. The molecule has 1 aromatic heterocycles. The molecule has 19 heavy (non-hydrogen) atoms. The molecule has 0 aliphatic carbocycles. The third kappa shape index (κ3) is 3.26. The van der Waals surface area contributed by atoms with Crippen molar-refractivity contribution >= 4 is 5.82 Å². The number of benzene rings is 1. The molecule has 0 aliphatic heterocycles. The number of anilines is 1. The fourth-order valence-electron chi connectivity index (χ4n) is 1.74. The molecule has 3 nitrogen and oxygen atoms in total. The van der Waals surface area contributed by atoms with E-state index in [0.717, 1.165) is 0 Å². The van der Waals surface area contributed by atoms with Gasteiger partial charge in [-0.25, -0.2) is 13.8 Å². The topological polar surface area (TPSA) is 45.2 Å². The number of hydrogen-bond acceptors (Lipinski definition) is 3. The van der Waals surface area contributed by atoms with E-state index in [1.54, 1.807) is 6.92 Å². The summed E-state index contributed by atoms with van der Waals surface area (Å²) >= 11 is 0. The Morgan fingerprint density at radius 1 is 1.16 bits per heavy atom. The number of hydrogen-bond donors (Lipinski definition) is 2. The normalized spacial score (nSPS) is 13.9. The predicted molar refractivity (Wildman–Crippen MR) is 68.6 cm³/mol. The van der Waals surface area contributed by atoms with Crippen molar-refractivity contribution in [2.24, 2.45) is 0 Å². The lowest BCUT2D eigenvalue weighted by Crippen LogP contribution is -2.25. The fraction of sp³-hybridized carbons (Fsp3) is 0.214. The van der Waals surface area contributed by atoms with Crippen molar-refractivity contribution in [2.75, 3.05) is 5.32 Å². The summed E-state index contributed by atoms with van der Waals surface area (Å²) in [7, 11) is 0. The fourth-order valence-corrected chi connectivity index (χ4v) is 1.74. The van der Waals surface area contributed by atoms with E-state index in [-0.39, 0.29) is 11.6 Å². The van der Waals surface area contributed by atoms with Gasteiger partial charge >= 0.3 is 0 Å². The SMILES string of the molecule is CC(Nc1ncccc1F)C(O)c1ccc(F)cc1. The van der Waals surface area contributed by atoms with Crippen molar-refractivity contribution in [3.63, 3.8) is 0 Å². The van der Waals surface area contributed by atoms with Crippen LogP contribution < -0.4 is 5.32 Å². The van der Waals surface area contributed by atoms with E-state index >= 15 is 0 Å². The molecule has 0 saturated heterocycles. The number of halogens is 2. The van der Waals surface area contributed by atoms with Crippen molar-refractivity contribution < 1.29 is 13.9 Å². The molecular weight excluding hydrogens is 250 g/mol. The maximum atomic E-state index is 13.4. The Hall–Kier alpha value is -2.01. The predicted octanol–water partition coefficient (Wildman–Crippen LogP) is 2.89. The first-order valence-electron chi connectivity index (χ1n) is 5.88. The Kier molecular flexibility index (Phi) is 4.06. The van der Waals surface area contributed by atoms with Crippen LogP contribution in [0.2, 0.25) is 0 Å². The van der Waals surface area contributed by atoms with Crippen LogP contribution in [-0.4, -0.2) is 16.1 Å². The van der Waals surface area contributed by atoms with Crippen LogP contribution in [0, 0.1) is 11.6 Å². The molecule has 2 atom stereocenters. The van der Waals surface area contributed by atoms with Gasteiger partial charge < -0.3 is 10.4 Å². The van der Waals surface area contributed by atoms with Gasteiger partial charge in [0.15, 0.2) is 11.6 Å². The number of rotatable bonds is 4. The lowest BCUT2D eigenvalue weighted by atomic mass is 10.0. The standard InChI is InChI=1S/C14H14F2N2O/c1-9(18-14-12(16)3-2-8-17-14)13(19)10-4-6-11(15)7-5-10/h2-9,13,19H,1H3,(H,17,18). The summed E-state index contributed by atoms with van der Waals surface area (Å²) in [5.74, 6) is -0.774. The van der Waals surface area contributed by atoms with Gasteiger partial charge in [0, 0.05) is 6.20 Å². The Balaban J connectivity index is 2.09.